The first kappa shape index (κ1) is 16.4. The van der Waals surface area contributed by atoms with Crippen LogP contribution in [0, 0.1) is 0 Å². The van der Waals surface area contributed by atoms with Crippen molar-refractivity contribution in [3.63, 3.8) is 0 Å². The Hall–Kier alpha value is -1.63. The number of carbonyl (C=O) groups is 3. The number of carboxylic acids is 2. The van der Waals surface area contributed by atoms with Crippen LogP contribution in [-0.2, 0) is 14.4 Å². The second-order valence-corrected chi connectivity index (χ2v) is 4.42. The maximum Gasteiger partial charge on any atom is 0.326 e. The Morgan fingerprint density at radius 1 is 1.28 bits per heavy atom. The van der Waals surface area contributed by atoms with Gasteiger partial charge in [0.05, 0.1) is 12.0 Å². The van der Waals surface area contributed by atoms with E-state index in [1.165, 1.54) is 6.92 Å². The fourth-order valence-corrected chi connectivity index (χ4v) is 1.24. The summed E-state index contributed by atoms with van der Waals surface area (Å²) in [5.41, 5.74) is -1.19. The minimum Gasteiger partial charge on any atom is -0.481 e. The Labute approximate surface area is 105 Å². The molecule has 2 atom stereocenters. The van der Waals surface area contributed by atoms with Gasteiger partial charge >= 0.3 is 11.9 Å². The molecule has 0 rings (SSSR count). The Morgan fingerprint density at radius 2 is 1.83 bits per heavy atom. The first-order valence-corrected chi connectivity index (χ1v) is 5.64. The molecule has 18 heavy (non-hydrogen) atoms. The van der Waals surface area contributed by atoms with Gasteiger partial charge in [-0.3, -0.25) is 9.59 Å². The van der Waals surface area contributed by atoms with E-state index in [1.807, 2.05) is 0 Å². The van der Waals surface area contributed by atoms with Crippen molar-refractivity contribution in [2.45, 2.75) is 51.2 Å². The van der Waals surface area contributed by atoms with Crippen molar-refractivity contribution in [1.82, 2.24) is 5.32 Å². The van der Waals surface area contributed by atoms with Crippen LogP contribution in [0.2, 0.25) is 0 Å². The molecule has 0 saturated heterocycles. The van der Waals surface area contributed by atoms with Gasteiger partial charge in [0.15, 0.2) is 0 Å². The molecule has 7 heteroatoms. The zero-order valence-corrected chi connectivity index (χ0v) is 10.5. The lowest BCUT2D eigenvalue weighted by Gasteiger charge is -2.22. The molecule has 0 bridgehead atoms. The van der Waals surface area contributed by atoms with Crippen molar-refractivity contribution < 1.29 is 29.7 Å². The minimum absolute atomic E-state index is 0.190. The second-order valence-electron chi connectivity index (χ2n) is 4.42. The molecule has 0 radical (unpaired) electrons. The average molecular weight is 261 g/mol. The number of hydrogen-bond acceptors (Lipinski definition) is 4. The first-order chi connectivity index (χ1) is 8.18. The van der Waals surface area contributed by atoms with Crippen molar-refractivity contribution in [3.05, 3.63) is 0 Å². The molecule has 7 nitrogen and oxygen atoms in total. The van der Waals surface area contributed by atoms with Crippen LogP contribution in [0.15, 0.2) is 0 Å². The first-order valence-electron chi connectivity index (χ1n) is 5.64. The Balaban J connectivity index is 4.37. The molecular weight excluding hydrogens is 242 g/mol. The number of nitrogens with one attached hydrogen (secondary N) is 1. The van der Waals surface area contributed by atoms with Crippen LogP contribution in [0.4, 0.5) is 0 Å². The molecule has 0 aromatic carbocycles. The van der Waals surface area contributed by atoms with E-state index in [2.05, 4.69) is 5.32 Å². The lowest BCUT2D eigenvalue weighted by Crippen LogP contribution is -2.43. The van der Waals surface area contributed by atoms with Gasteiger partial charge in [-0.05, 0) is 19.8 Å². The number of aliphatic hydroxyl groups is 1. The lowest BCUT2D eigenvalue weighted by atomic mass is 9.98. The SMILES string of the molecule is CCC(C)(O)CC(=O)NC(CCC(=O)O)C(=O)O. The Bertz CT molecular complexity index is 325. The number of carboxylic acid groups (broad SMARTS) is 2. The third kappa shape index (κ3) is 6.85. The van der Waals surface area contributed by atoms with E-state index in [0.717, 1.165) is 0 Å². The van der Waals surface area contributed by atoms with Gasteiger partial charge in [-0.25, -0.2) is 4.79 Å². The van der Waals surface area contributed by atoms with Gasteiger partial charge in [0.25, 0.3) is 0 Å². The second kappa shape index (κ2) is 6.95. The van der Waals surface area contributed by atoms with E-state index in [1.54, 1.807) is 6.92 Å². The molecule has 0 saturated carbocycles. The summed E-state index contributed by atoms with van der Waals surface area (Å²) in [5.74, 6) is -3.03. The number of amides is 1. The third-order valence-corrected chi connectivity index (χ3v) is 2.58. The van der Waals surface area contributed by atoms with Crippen molar-refractivity contribution in [1.29, 1.82) is 0 Å². The molecule has 2 unspecified atom stereocenters. The van der Waals surface area contributed by atoms with Crippen LogP contribution in [0.5, 0.6) is 0 Å². The van der Waals surface area contributed by atoms with Gasteiger partial charge in [-0.15, -0.1) is 0 Å². The van der Waals surface area contributed by atoms with Crippen LogP contribution < -0.4 is 5.32 Å². The standard InChI is InChI=1S/C11H19NO6/c1-3-11(2,18)6-8(13)12-7(10(16)17)4-5-9(14)15/h7,18H,3-6H2,1-2H3,(H,12,13)(H,14,15)(H,16,17). The Kier molecular flexibility index (Phi) is 6.32. The zero-order chi connectivity index (χ0) is 14.3. The lowest BCUT2D eigenvalue weighted by molar-refractivity contribution is -0.143. The van der Waals surface area contributed by atoms with Gasteiger partial charge in [0.2, 0.25) is 5.91 Å². The summed E-state index contributed by atoms with van der Waals surface area (Å²) in [4.78, 5) is 32.6. The highest BCUT2D eigenvalue weighted by Crippen LogP contribution is 2.13. The smallest absolute Gasteiger partial charge is 0.326 e. The van der Waals surface area contributed by atoms with Gasteiger partial charge in [0.1, 0.15) is 6.04 Å². The van der Waals surface area contributed by atoms with Crippen LogP contribution in [0.1, 0.15) is 39.5 Å². The van der Waals surface area contributed by atoms with E-state index in [0.29, 0.717) is 6.42 Å². The molecule has 104 valence electrons. The summed E-state index contributed by atoms with van der Waals surface area (Å²) in [5, 5.41) is 29.1. The van der Waals surface area contributed by atoms with Crippen LogP contribution >= 0.6 is 0 Å². The summed E-state index contributed by atoms with van der Waals surface area (Å²) < 4.78 is 0. The van der Waals surface area contributed by atoms with Crippen molar-refractivity contribution in [3.8, 4) is 0 Å². The summed E-state index contributed by atoms with van der Waals surface area (Å²) in [6, 6.07) is -1.25. The monoisotopic (exact) mass is 261 g/mol. The fourth-order valence-electron chi connectivity index (χ4n) is 1.24. The Morgan fingerprint density at radius 3 is 2.22 bits per heavy atom. The van der Waals surface area contributed by atoms with Crippen molar-refractivity contribution >= 4 is 17.8 Å². The quantitative estimate of drug-likeness (QED) is 0.486. The van der Waals surface area contributed by atoms with E-state index in [-0.39, 0.29) is 19.3 Å². The van der Waals surface area contributed by atoms with E-state index in [4.69, 9.17) is 10.2 Å². The summed E-state index contributed by atoms with van der Waals surface area (Å²) in [6.07, 6.45) is -0.403. The van der Waals surface area contributed by atoms with Gasteiger partial charge < -0.3 is 20.6 Å². The topological polar surface area (TPSA) is 124 Å². The predicted molar refractivity (Wildman–Crippen MR) is 62.0 cm³/mol. The maximum atomic E-state index is 11.5. The summed E-state index contributed by atoms with van der Waals surface area (Å²) in [6.45, 7) is 3.17. The van der Waals surface area contributed by atoms with Crippen molar-refractivity contribution in [2.75, 3.05) is 0 Å². The molecule has 1 amide bonds. The normalized spacial score (nSPS) is 15.5. The molecule has 0 aliphatic carbocycles. The van der Waals surface area contributed by atoms with Gasteiger partial charge in [-0.2, -0.15) is 0 Å². The molecular formula is C11H19NO6. The van der Waals surface area contributed by atoms with E-state index in [9.17, 15) is 19.5 Å². The van der Waals surface area contributed by atoms with Crippen molar-refractivity contribution in [2.24, 2.45) is 0 Å². The van der Waals surface area contributed by atoms with Gasteiger partial charge in [0, 0.05) is 6.42 Å². The third-order valence-electron chi connectivity index (χ3n) is 2.58. The number of carbonyl (C=O) groups excluding carboxylic acids is 1. The van der Waals surface area contributed by atoms with Crippen LogP contribution in [-0.4, -0.2) is 44.8 Å². The number of hydrogen-bond donors (Lipinski definition) is 4. The molecule has 0 aliphatic rings. The average Bonchev–Trinajstić information content (AvgIpc) is 2.22. The minimum atomic E-state index is -1.29. The highest BCUT2D eigenvalue weighted by molar-refractivity contribution is 5.84. The van der Waals surface area contributed by atoms with E-state index >= 15 is 0 Å². The molecule has 0 aromatic rings. The van der Waals surface area contributed by atoms with Crippen LogP contribution in [0.3, 0.4) is 0 Å². The molecule has 0 spiro atoms. The zero-order valence-electron chi connectivity index (χ0n) is 10.5. The number of aliphatic carboxylic acids is 2. The molecule has 0 aliphatic heterocycles. The molecule has 4 N–H and O–H groups in total. The van der Waals surface area contributed by atoms with Gasteiger partial charge in [-0.1, -0.05) is 6.92 Å². The largest absolute Gasteiger partial charge is 0.481 e. The predicted octanol–water partition coefficient (Wildman–Crippen LogP) is -0.0283. The highest BCUT2D eigenvalue weighted by atomic mass is 16.4. The molecule has 0 heterocycles. The molecule has 0 fully saturated rings. The van der Waals surface area contributed by atoms with Crippen LogP contribution in [0.25, 0.3) is 0 Å². The fraction of sp³-hybridized carbons (Fsp3) is 0.727. The highest BCUT2D eigenvalue weighted by Gasteiger charge is 2.26. The summed E-state index contributed by atoms with van der Waals surface area (Å²) >= 11 is 0. The molecule has 0 aromatic heterocycles. The maximum absolute atomic E-state index is 11.5. The van der Waals surface area contributed by atoms with E-state index < -0.39 is 29.5 Å². The summed E-state index contributed by atoms with van der Waals surface area (Å²) in [7, 11) is 0. The number of rotatable bonds is 8.